The van der Waals surface area contributed by atoms with Gasteiger partial charge in [0.2, 0.25) is 11.8 Å². The predicted octanol–water partition coefficient (Wildman–Crippen LogP) is 2.29. The summed E-state index contributed by atoms with van der Waals surface area (Å²) in [6.07, 6.45) is 0.552. The van der Waals surface area contributed by atoms with Crippen molar-refractivity contribution in [1.29, 1.82) is 0 Å². The van der Waals surface area contributed by atoms with Gasteiger partial charge in [0.15, 0.2) is 0 Å². The highest BCUT2D eigenvalue weighted by Gasteiger charge is 2.39. The highest BCUT2D eigenvalue weighted by molar-refractivity contribution is 7.99. The zero-order valence-corrected chi connectivity index (χ0v) is 22.6. The van der Waals surface area contributed by atoms with Gasteiger partial charge in [-0.2, -0.15) is 8.42 Å². The number of piperidine rings is 1. The first kappa shape index (κ1) is 28.2. The van der Waals surface area contributed by atoms with Crippen molar-refractivity contribution in [3.8, 4) is 0 Å². The van der Waals surface area contributed by atoms with Gasteiger partial charge in [-0.05, 0) is 43.2 Å². The third kappa shape index (κ3) is 7.00. The number of carbonyl (C=O) groups is 3. The smallest absolute Gasteiger partial charge is 0.297 e. The average molecular weight is 563 g/mol. The lowest BCUT2D eigenvalue weighted by Gasteiger charge is -2.29. The molecule has 204 valence electrons. The fourth-order valence-electron chi connectivity index (χ4n) is 4.20. The first-order chi connectivity index (χ1) is 18.3. The number of rotatable bonds is 13. The quantitative estimate of drug-likeness (QED) is 0.169. The Labute approximate surface area is 226 Å². The Morgan fingerprint density at radius 2 is 1.68 bits per heavy atom. The minimum Gasteiger partial charge on any atom is -0.378 e. The third-order valence-electron chi connectivity index (χ3n) is 6.17. The molecule has 1 saturated heterocycles. The lowest BCUT2D eigenvalue weighted by molar-refractivity contribution is -0.136. The summed E-state index contributed by atoms with van der Waals surface area (Å²) >= 11 is 1.57. The molecule has 1 N–H and O–H groups in total. The van der Waals surface area contributed by atoms with Gasteiger partial charge in [0.25, 0.3) is 16.0 Å². The summed E-state index contributed by atoms with van der Waals surface area (Å²) in [7, 11) is -3.80. The van der Waals surface area contributed by atoms with Crippen LogP contribution in [0.4, 0.5) is 0 Å². The molecule has 12 heteroatoms. The van der Waals surface area contributed by atoms with Crippen molar-refractivity contribution in [3.63, 3.8) is 0 Å². The maximum absolute atomic E-state index is 12.9. The summed E-state index contributed by atoms with van der Waals surface area (Å²) in [6.45, 7) is 3.35. The van der Waals surface area contributed by atoms with E-state index in [1.54, 1.807) is 34.9 Å². The topological polar surface area (TPSA) is 128 Å². The highest BCUT2D eigenvalue weighted by atomic mass is 32.2. The van der Waals surface area contributed by atoms with Crippen molar-refractivity contribution in [2.45, 2.75) is 42.1 Å². The van der Waals surface area contributed by atoms with E-state index in [0.717, 1.165) is 16.0 Å². The molecular weight excluding hydrogens is 532 g/mol. The normalized spacial score (nSPS) is 17.6. The molecule has 2 aliphatic heterocycles. The number of amides is 3. The molecule has 0 radical (unpaired) electrons. The number of thioether (sulfide) groups is 1. The Kier molecular flexibility index (Phi) is 9.55. The maximum Gasteiger partial charge on any atom is 0.297 e. The second kappa shape index (κ2) is 12.9. The van der Waals surface area contributed by atoms with Crippen molar-refractivity contribution in [3.05, 3.63) is 59.2 Å². The molecule has 2 aromatic rings. The second-order valence-electron chi connectivity index (χ2n) is 8.84. The molecule has 2 heterocycles. The number of nitrogens with zero attached hydrogens (tertiary/aromatic N) is 1. The average Bonchev–Trinajstić information content (AvgIpc) is 3.22. The molecule has 1 unspecified atom stereocenters. The number of aryl methyl sites for hydroxylation is 1. The van der Waals surface area contributed by atoms with Gasteiger partial charge in [-0.3, -0.25) is 23.9 Å². The van der Waals surface area contributed by atoms with Gasteiger partial charge in [-0.25, -0.2) is 0 Å². The standard InChI is InChI=1S/C26H30N2O8S2/c1-18-5-7-19(8-6-18)38(32,33)36-14-13-34-11-12-35-15-16-37-23-4-2-3-20-21(23)17-28(26(20)31)22-9-10-24(29)27-25(22)30/h2-8,22H,9-17H2,1H3,(H,27,29,30). The van der Waals surface area contributed by atoms with Crippen LogP contribution in [0.5, 0.6) is 0 Å². The summed E-state index contributed by atoms with van der Waals surface area (Å²) in [5.74, 6) is -0.273. The number of nitrogens with one attached hydrogen (secondary N) is 1. The molecule has 38 heavy (non-hydrogen) atoms. The van der Waals surface area contributed by atoms with Crippen molar-refractivity contribution >= 4 is 39.6 Å². The molecule has 0 aromatic heterocycles. The van der Waals surface area contributed by atoms with E-state index in [-0.39, 0.29) is 36.3 Å². The highest BCUT2D eigenvalue weighted by Crippen LogP contribution is 2.34. The summed E-state index contributed by atoms with van der Waals surface area (Å²) in [6, 6.07) is 11.3. The van der Waals surface area contributed by atoms with Crippen LogP contribution < -0.4 is 5.32 Å². The first-order valence-electron chi connectivity index (χ1n) is 12.3. The fraction of sp³-hybridized carbons (Fsp3) is 0.423. The second-order valence-corrected chi connectivity index (χ2v) is 11.6. The predicted molar refractivity (Wildman–Crippen MR) is 139 cm³/mol. The van der Waals surface area contributed by atoms with E-state index in [4.69, 9.17) is 13.7 Å². The van der Waals surface area contributed by atoms with Gasteiger partial charge < -0.3 is 14.4 Å². The number of hydrogen-bond donors (Lipinski definition) is 1. The number of hydrogen-bond acceptors (Lipinski definition) is 9. The molecule has 1 fully saturated rings. The van der Waals surface area contributed by atoms with E-state index in [1.165, 1.54) is 12.1 Å². The SMILES string of the molecule is Cc1ccc(S(=O)(=O)OCCOCCOCCSc2cccc3c2CN(C2CCC(=O)NC2=O)C3=O)cc1. The molecule has 2 aromatic carbocycles. The molecule has 4 rings (SSSR count). The van der Waals surface area contributed by atoms with Crippen molar-refractivity contribution < 1.29 is 36.5 Å². The van der Waals surface area contributed by atoms with Crippen LogP contribution in [0.3, 0.4) is 0 Å². The van der Waals surface area contributed by atoms with Crippen LogP contribution in [0.25, 0.3) is 0 Å². The zero-order chi connectivity index (χ0) is 27.1. The van der Waals surface area contributed by atoms with Crippen LogP contribution >= 0.6 is 11.8 Å². The van der Waals surface area contributed by atoms with Gasteiger partial charge in [-0.1, -0.05) is 23.8 Å². The summed E-state index contributed by atoms with van der Waals surface area (Å²) in [5.41, 5.74) is 2.43. The lowest BCUT2D eigenvalue weighted by atomic mass is 10.0. The first-order valence-corrected chi connectivity index (χ1v) is 14.7. The van der Waals surface area contributed by atoms with E-state index in [2.05, 4.69) is 5.32 Å². The number of fused-ring (bicyclic) bond motifs is 1. The molecule has 3 amide bonds. The number of ether oxygens (including phenoxy) is 2. The fourth-order valence-corrected chi connectivity index (χ4v) is 6.04. The van der Waals surface area contributed by atoms with Crippen LogP contribution in [-0.4, -0.2) is 75.9 Å². The molecule has 1 atom stereocenters. The monoisotopic (exact) mass is 562 g/mol. The number of imide groups is 1. The molecular formula is C26H30N2O8S2. The summed E-state index contributed by atoms with van der Waals surface area (Å²) in [4.78, 5) is 39.2. The Morgan fingerprint density at radius 3 is 2.42 bits per heavy atom. The molecule has 0 aliphatic carbocycles. The molecule has 0 spiro atoms. The Bertz CT molecular complexity index is 1280. The van der Waals surface area contributed by atoms with Crippen LogP contribution in [0.15, 0.2) is 52.3 Å². The van der Waals surface area contributed by atoms with E-state index < -0.39 is 22.1 Å². The Hall–Kier alpha value is -2.77. The minimum atomic E-state index is -3.80. The van der Waals surface area contributed by atoms with Gasteiger partial charge in [0.1, 0.15) is 6.04 Å². The van der Waals surface area contributed by atoms with Crippen molar-refractivity contribution in [1.82, 2.24) is 10.2 Å². The molecule has 0 saturated carbocycles. The van der Waals surface area contributed by atoms with E-state index in [9.17, 15) is 22.8 Å². The van der Waals surface area contributed by atoms with Gasteiger partial charge >= 0.3 is 0 Å². The van der Waals surface area contributed by atoms with E-state index in [0.29, 0.717) is 44.1 Å². The molecule has 0 bridgehead atoms. The zero-order valence-electron chi connectivity index (χ0n) is 21.0. The molecule has 2 aliphatic rings. The van der Waals surface area contributed by atoms with Gasteiger partial charge in [-0.15, -0.1) is 11.8 Å². The van der Waals surface area contributed by atoms with E-state index >= 15 is 0 Å². The van der Waals surface area contributed by atoms with Gasteiger partial charge in [0.05, 0.1) is 37.9 Å². The van der Waals surface area contributed by atoms with Crippen LogP contribution in [0.1, 0.15) is 34.3 Å². The Morgan fingerprint density at radius 1 is 0.974 bits per heavy atom. The molecule has 10 nitrogen and oxygen atoms in total. The van der Waals surface area contributed by atoms with Crippen molar-refractivity contribution in [2.75, 3.05) is 38.8 Å². The van der Waals surface area contributed by atoms with Crippen LogP contribution in [0, 0.1) is 6.92 Å². The van der Waals surface area contributed by atoms with Gasteiger partial charge in [0, 0.05) is 29.2 Å². The minimum absolute atomic E-state index is 0.0836. The summed E-state index contributed by atoms with van der Waals surface area (Å²) in [5, 5.41) is 2.32. The lowest BCUT2D eigenvalue weighted by Crippen LogP contribution is -2.52. The maximum atomic E-state index is 12.9. The van der Waals surface area contributed by atoms with Crippen LogP contribution in [-0.2, 0) is 39.9 Å². The number of benzene rings is 2. The van der Waals surface area contributed by atoms with Crippen molar-refractivity contribution in [2.24, 2.45) is 0 Å². The largest absolute Gasteiger partial charge is 0.378 e. The Balaban J connectivity index is 1.12. The van der Waals surface area contributed by atoms with Crippen LogP contribution in [0.2, 0.25) is 0 Å². The number of carbonyl (C=O) groups excluding carboxylic acids is 3. The third-order valence-corrected chi connectivity index (χ3v) is 8.56. The van der Waals surface area contributed by atoms with E-state index in [1.807, 2.05) is 19.1 Å². The summed E-state index contributed by atoms with van der Waals surface area (Å²) < 4.78 is 40.2.